The predicted molar refractivity (Wildman–Crippen MR) is 105 cm³/mol. The van der Waals surface area contributed by atoms with Crippen LogP contribution >= 0.6 is 0 Å². The average Bonchev–Trinajstić information content (AvgIpc) is 3.05. The van der Waals surface area contributed by atoms with Gasteiger partial charge in [0.2, 0.25) is 0 Å². The topological polar surface area (TPSA) is 26.3 Å². The lowest BCUT2D eigenvalue weighted by Gasteiger charge is -2.43. The van der Waals surface area contributed by atoms with E-state index in [0.717, 1.165) is 17.6 Å². The SMILES string of the molecule is CC(C)[Si](Oc1ccc(C=O)cc1C1CCCC1)(C(C)C)C(C)C. The second-order valence-corrected chi connectivity index (χ2v) is 13.7. The van der Waals surface area contributed by atoms with E-state index in [1.807, 2.05) is 6.07 Å². The van der Waals surface area contributed by atoms with Gasteiger partial charge in [0.25, 0.3) is 8.32 Å². The van der Waals surface area contributed by atoms with Crippen LogP contribution in [0.1, 0.15) is 89.1 Å². The van der Waals surface area contributed by atoms with Gasteiger partial charge in [0, 0.05) is 5.56 Å². The monoisotopic (exact) mass is 346 g/mol. The summed E-state index contributed by atoms with van der Waals surface area (Å²) in [6.45, 7) is 13.9. The summed E-state index contributed by atoms with van der Waals surface area (Å²) in [5, 5.41) is 0. The van der Waals surface area contributed by atoms with Gasteiger partial charge in [0.15, 0.2) is 0 Å². The van der Waals surface area contributed by atoms with Crippen molar-refractivity contribution >= 4 is 14.6 Å². The molecule has 0 atom stereocenters. The van der Waals surface area contributed by atoms with E-state index in [1.165, 1.54) is 31.2 Å². The Morgan fingerprint density at radius 3 is 2.00 bits per heavy atom. The number of rotatable bonds is 7. The lowest BCUT2D eigenvalue weighted by molar-refractivity contribution is 0.112. The quantitative estimate of drug-likeness (QED) is 0.405. The van der Waals surface area contributed by atoms with E-state index in [1.54, 1.807) is 0 Å². The zero-order chi connectivity index (χ0) is 17.9. The maximum absolute atomic E-state index is 11.3. The largest absolute Gasteiger partial charge is 0.542 e. The molecule has 3 heteroatoms. The molecule has 134 valence electrons. The Kier molecular flexibility index (Phi) is 6.30. The van der Waals surface area contributed by atoms with Gasteiger partial charge >= 0.3 is 0 Å². The zero-order valence-electron chi connectivity index (χ0n) is 16.3. The number of carbonyl (C=O) groups is 1. The number of carbonyl (C=O) groups excluding carboxylic acids is 1. The van der Waals surface area contributed by atoms with Gasteiger partial charge in [0.1, 0.15) is 12.0 Å². The van der Waals surface area contributed by atoms with Crippen LogP contribution in [0.5, 0.6) is 5.75 Å². The summed E-state index contributed by atoms with van der Waals surface area (Å²) < 4.78 is 6.95. The lowest BCUT2D eigenvalue weighted by atomic mass is 9.95. The van der Waals surface area contributed by atoms with Crippen molar-refractivity contribution in [3.63, 3.8) is 0 Å². The molecule has 1 saturated carbocycles. The van der Waals surface area contributed by atoms with E-state index in [4.69, 9.17) is 4.43 Å². The lowest BCUT2D eigenvalue weighted by Crippen LogP contribution is -2.50. The molecule has 24 heavy (non-hydrogen) atoms. The summed E-state index contributed by atoms with van der Waals surface area (Å²) in [6.07, 6.45) is 5.98. The number of benzene rings is 1. The smallest absolute Gasteiger partial charge is 0.258 e. The van der Waals surface area contributed by atoms with Crippen LogP contribution in [-0.2, 0) is 0 Å². The molecule has 1 aliphatic rings. The predicted octanol–water partition coefficient (Wildman–Crippen LogP) is 6.71. The van der Waals surface area contributed by atoms with E-state index in [2.05, 4.69) is 53.7 Å². The van der Waals surface area contributed by atoms with Gasteiger partial charge in [-0.2, -0.15) is 0 Å². The van der Waals surface area contributed by atoms with Gasteiger partial charge in [-0.25, -0.2) is 0 Å². The van der Waals surface area contributed by atoms with Crippen LogP contribution in [0.4, 0.5) is 0 Å². The van der Waals surface area contributed by atoms with Crippen molar-refractivity contribution in [2.24, 2.45) is 0 Å². The van der Waals surface area contributed by atoms with Gasteiger partial charge in [-0.1, -0.05) is 54.4 Å². The molecule has 0 bridgehead atoms. The molecular formula is C21H34O2Si. The molecule has 2 nitrogen and oxygen atoms in total. The molecular weight excluding hydrogens is 312 g/mol. The maximum atomic E-state index is 11.3. The average molecular weight is 347 g/mol. The fourth-order valence-electron chi connectivity index (χ4n) is 4.83. The first kappa shape index (κ1) is 19.2. The van der Waals surface area contributed by atoms with E-state index in [9.17, 15) is 4.79 Å². The van der Waals surface area contributed by atoms with Crippen molar-refractivity contribution in [3.8, 4) is 5.75 Å². The standard InChI is InChI=1S/C21H34O2Si/c1-15(2)24(16(3)4,17(5)6)23-21-12-11-18(14-22)13-20(21)19-9-7-8-10-19/h11-17,19H,7-10H2,1-6H3. The highest BCUT2D eigenvalue weighted by atomic mass is 28.4. The number of aldehydes is 1. The molecule has 0 saturated heterocycles. The molecule has 0 radical (unpaired) electrons. The molecule has 0 heterocycles. The van der Waals surface area contributed by atoms with Gasteiger partial charge in [-0.3, -0.25) is 4.79 Å². The van der Waals surface area contributed by atoms with E-state index >= 15 is 0 Å². The van der Waals surface area contributed by atoms with Crippen molar-refractivity contribution in [2.45, 2.75) is 89.8 Å². The van der Waals surface area contributed by atoms with E-state index < -0.39 is 8.32 Å². The fourth-order valence-corrected chi connectivity index (χ4v) is 10.1. The first-order valence-corrected chi connectivity index (χ1v) is 11.7. The van der Waals surface area contributed by atoms with Crippen molar-refractivity contribution in [2.75, 3.05) is 0 Å². The Balaban J connectivity index is 2.47. The Hall–Kier alpha value is -1.09. The molecule has 0 amide bonds. The molecule has 2 rings (SSSR count). The van der Waals surface area contributed by atoms with Gasteiger partial charge in [-0.05, 0) is 59.1 Å². The van der Waals surface area contributed by atoms with Gasteiger partial charge in [0.05, 0.1) is 0 Å². The van der Waals surface area contributed by atoms with E-state index in [-0.39, 0.29) is 0 Å². The van der Waals surface area contributed by atoms with Crippen LogP contribution in [0.25, 0.3) is 0 Å². The Morgan fingerprint density at radius 1 is 1.00 bits per heavy atom. The Morgan fingerprint density at radius 2 is 1.54 bits per heavy atom. The van der Waals surface area contributed by atoms with E-state index in [0.29, 0.717) is 22.5 Å². The summed E-state index contributed by atoms with van der Waals surface area (Å²) in [4.78, 5) is 11.3. The minimum atomic E-state index is -1.97. The molecule has 1 aromatic carbocycles. The summed E-state index contributed by atoms with van der Waals surface area (Å²) >= 11 is 0. The van der Waals surface area contributed by atoms with Gasteiger partial charge < -0.3 is 4.43 Å². The number of hydrogen-bond donors (Lipinski definition) is 0. The maximum Gasteiger partial charge on any atom is 0.258 e. The first-order valence-electron chi connectivity index (χ1n) is 9.61. The van der Waals surface area contributed by atoms with Crippen molar-refractivity contribution < 1.29 is 9.22 Å². The Bertz CT molecular complexity index is 535. The summed E-state index contributed by atoms with van der Waals surface area (Å²) in [7, 11) is -1.97. The molecule has 0 aliphatic heterocycles. The molecule has 1 aliphatic carbocycles. The van der Waals surface area contributed by atoms with Crippen LogP contribution in [-0.4, -0.2) is 14.6 Å². The first-order chi connectivity index (χ1) is 11.3. The number of hydrogen-bond acceptors (Lipinski definition) is 2. The third-order valence-electron chi connectivity index (χ3n) is 5.96. The highest BCUT2D eigenvalue weighted by Crippen LogP contribution is 2.46. The molecule has 0 unspecified atom stereocenters. The molecule has 1 fully saturated rings. The van der Waals surface area contributed by atoms with Crippen LogP contribution in [0, 0.1) is 0 Å². The fraction of sp³-hybridized carbons (Fsp3) is 0.667. The summed E-state index contributed by atoms with van der Waals surface area (Å²) in [6, 6.07) is 6.06. The highest BCUT2D eigenvalue weighted by molar-refractivity contribution is 6.78. The van der Waals surface area contributed by atoms with Gasteiger partial charge in [-0.15, -0.1) is 0 Å². The minimum absolute atomic E-state index is 0.554. The highest BCUT2D eigenvalue weighted by Gasteiger charge is 2.47. The van der Waals surface area contributed by atoms with Crippen molar-refractivity contribution in [3.05, 3.63) is 29.3 Å². The third-order valence-corrected chi connectivity index (χ3v) is 11.9. The zero-order valence-corrected chi connectivity index (χ0v) is 17.3. The molecule has 0 aromatic heterocycles. The van der Waals surface area contributed by atoms with Crippen molar-refractivity contribution in [1.82, 2.24) is 0 Å². The normalized spacial score (nSPS) is 16.4. The Labute approximate surface area is 149 Å². The third kappa shape index (κ3) is 3.61. The van der Waals surface area contributed by atoms with Crippen LogP contribution in [0.3, 0.4) is 0 Å². The minimum Gasteiger partial charge on any atom is -0.542 e. The van der Waals surface area contributed by atoms with Crippen molar-refractivity contribution in [1.29, 1.82) is 0 Å². The summed E-state index contributed by atoms with van der Waals surface area (Å²) in [5.41, 5.74) is 3.71. The molecule has 0 N–H and O–H groups in total. The summed E-state index contributed by atoms with van der Waals surface area (Å²) in [5.74, 6) is 1.60. The molecule has 0 spiro atoms. The second kappa shape index (κ2) is 7.86. The second-order valence-electron chi connectivity index (χ2n) is 8.32. The molecule has 1 aromatic rings. The van der Waals surface area contributed by atoms with Crippen LogP contribution < -0.4 is 4.43 Å². The van der Waals surface area contributed by atoms with Crippen LogP contribution in [0.15, 0.2) is 18.2 Å². The van der Waals surface area contributed by atoms with Crippen LogP contribution in [0.2, 0.25) is 16.6 Å².